The molecule has 2 rings (SSSR count). The van der Waals surface area contributed by atoms with Crippen LogP contribution >= 0.6 is 23.2 Å². The number of nitrogens with one attached hydrogen (secondary N) is 1. The molecule has 0 saturated carbocycles. The summed E-state index contributed by atoms with van der Waals surface area (Å²) in [5.74, 6) is 1.39. The van der Waals surface area contributed by atoms with Gasteiger partial charge in [-0.1, -0.05) is 23.2 Å². The number of piperidine rings is 1. The molecule has 0 unspecified atom stereocenters. The Morgan fingerprint density at radius 3 is 2.88 bits per heavy atom. The lowest BCUT2D eigenvalue weighted by molar-refractivity contribution is 0.218. The molecule has 1 atom stereocenters. The zero-order valence-electron chi connectivity index (χ0n) is 9.01. The predicted octanol–water partition coefficient (Wildman–Crippen LogP) is 3.37. The van der Waals surface area contributed by atoms with E-state index in [4.69, 9.17) is 27.9 Å². The van der Waals surface area contributed by atoms with Crippen molar-refractivity contribution in [2.24, 2.45) is 5.92 Å². The monoisotopic (exact) mass is 259 g/mol. The Balaban J connectivity index is 1.86. The Labute approximate surface area is 106 Å². The molecule has 0 aliphatic carbocycles. The highest BCUT2D eigenvalue weighted by Crippen LogP contribution is 2.26. The molecular weight excluding hydrogens is 245 g/mol. The van der Waals surface area contributed by atoms with Gasteiger partial charge in [-0.15, -0.1) is 0 Å². The Hall–Kier alpha value is -0.440. The normalized spacial score (nSPS) is 20.8. The molecule has 0 spiro atoms. The molecule has 1 aliphatic rings. The van der Waals surface area contributed by atoms with Crippen molar-refractivity contribution in [3.63, 3.8) is 0 Å². The van der Waals surface area contributed by atoms with Crippen LogP contribution in [0.25, 0.3) is 0 Å². The Morgan fingerprint density at radius 2 is 2.19 bits per heavy atom. The molecule has 88 valence electrons. The van der Waals surface area contributed by atoms with Gasteiger partial charge in [-0.3, -0.25) is 0 Å². The molecule has 1 aromatic rings. The van der Waals surface area contributed by atoms with E-state index in [0.29, 0.717) is 16.0 Å². The molecular formula is C12H15Cl2NO. The van der Waals surface area contributed by atoms with Crippen LogP contribution in [0.3, 0.4) is 0 Å². The zero-order chi connectivity index (χ0) is 11.4. The summed E-state index contributed by atoms with van der Waals surface area (Å²) >= 11 is 11.7. The summed E-state index contributed by atoms with van der Waals surface area (Å²) in [5.41, 5.74) is 0. The summed E-state index contributed by atoms with van der Waals surface area (Å²) in [6.07, 6.45) is 2.46. The highest BCUT2D eigenvalue weighted by molar-refractivity contribution is 6.42. The second-order valence-electron chi connectivity index (χ2n) is 4.10. The first-order valence-electron chi connectivity index (χ1n) is 5.54. The molecule has 0 amide bonds. The summed E-state index contributed by atoms with van der Waals surface area (Å²) < 4.78 is 5.70. The first-order chi connectivity index (χ1) is 7.75. The topological polar surface area (TPSA) is 21.3 Å². The van der Waals surface area contributed by atoms with Crippen molar-refractivity contribution in [3.05, 3.63) is 28.2 Å². The number of hydrogen-bond acceptors (Lipinski definition) is 2. The van der Waals surface area contributed by atoms with Crippen molar-refractivity contribution < 1.29 is 4.74 Å². The second-order valence-corrected chi connectivity index (χ2v) is 4.91. The van der Waals surface area contributed by atoms with Gasteiger partial charge in [0.2, 0.25) is 0 Å². The molecule has 0 bridgehead atoms. The summed E-state index contributed by atoms with van der Waals surface area (Å²) in [6.45, 7) is 2.91. The van der Waals surface area contributed by atoms with Crippen molar-refractivity contribution in [2.75, 3.05) is 19.7 Å². The quantitative estimate of drug-likeness (QED) is 0.899. The van der Waals surface area contributed by atoms with Gasteiger partial charge in [-0.2, -0.15) is 0 Å². The van der Waals surface area contributed by atoms with Crippen LogP contribution in [0.2, 0.25) is 10.0 Å². The first-order valence-corrected chi connectivity index (χ1v) is 6.30. The van der Waals surface area contributed by atoms with E-state index in [1.165, 1.54) is 12.8 Å². The minimum atomic E-state index is 0.543. The van der Waals surface area contributed by atoms with Gasteiger partial charge < -0.3 is 10.1 Å². The van der Waals surface area contributed by atoms with Crippen molar-refractivity contribution in [1.29, 1.82) is 0 Å². The second kappa shape index (κ2) is 5.76. The van der Waals surface area contributed by atoms with Crippen LogP contribution in [0.1, 0.15) is 12.8 Å². The van der Waals surface area contributed by atoms with Gasteiger partial charge in [0.1, 0.15) is 5.75 Å². The SMILES string of the molecule is Clc1ccc(OC[C@@H]2CCCNC2)cc1Cl. The van der Waals surface area contributed by atoms with Crippen molar-refractivity contribution in [2.45, 2.75) is 12.8 Å². The zero-order valence-corrected chi connectivity index (χ0v) is 10.5. The van der Waals surface area contributed by atoms with Gasteiger partial charge >= 0.3 is 0 Å². The molecule has 16 heavy (non-hydrogen) atoms. The van der Waals surface area contributed by atoms with E-state index < -0.39 is 0 Å². The maximum atomic E-state index is 5.91. The van der Waals surface area contributed by atoms with Crippen molar-refractivity contribution in [3.8, 4) is 5.75 Å². The van der Waals surface area contributed by atoms with E-state index in [1.54, 1.807) is 12.1 Å². The van der Waals surface area contributed by atoms with Gasteiger partial charge in [0.25, 0.3) is 0 Å². The fourth-order valence-electron chi connectivity index (χ4n) is 1.85. The molecule has 4 heteroatoms. The van der Waals surface area contributed by atoms with Crippen molar-refractivity contribution in [1.82, 2.24) is 5.32 Å². The van der Waals surface area contributed by atoms with Crippen LogP contribution < -0.4 is 10.1 Å². The highest BCUT2D eigenvalue weighted by Gasteiger charge is 2.13. The maximum Gasteiger partial charge on any atom is 0.120 e. The van der Waals surface area contributed by atoms with Crippen LogP contribution in [0.4, 0.5) is 0 Å². The molecule has 0 aromatic heterocycles. The third-order valence-corrected chi connectivity index (χ3v) is 3.51. The Kier molecular flexibility index (Phi) is 4.33. The number of rotatable bonds is 3. The summed E-state index contributed by atoms with van der Waals surface area (Å²) in [5, 5.41) is 4.47. The molecule has 1 aliphatic heterocycles. The van der Waals surface area contributed by atoms with E-state index in [2.05, 4.69) is 5.32 Å². The summed E-state index contributed by atoms with van der Waals surface area (Å²) in [7, 11) is 0. The molecule has 1 fully saturated rings. The molecule has 2 nitrogen and oxygen atoms in total. The van der Waals surface area contributed by atoms with Crippen LogP contribution in [-0.2, 0) is 0 Å². The largest absolute Gasteiger partial charge is 0.493 e. The van der Waals surface area contributed by atoms with Gasteiger partial charge in [-0.25, -0.2) is 0 Å². The fourth-order valence-corrected chi connectivity index (χ4v) is 2.14. The van der Waals surface area contributed by atoms with Crippen LogP contribution in [0, 0.1) is 5.92 Å². The minimum absolute atomic E-state index is 0.543. The number of hydrogen-bond donors (Lipinski definition) is 1. The third-order valence-electron chi connectivity index (χ3n) is 2.78. The standard InChI is InChI=1S/C12H15Cl2NO/c13-11-4-3-10(6-12(11)14)16-8-9-2-1-5-15-7-9/h3-4,6,9,15H,1-2,5,7-8H2/t9-/m1/s1. The van der Waals surface area contributed by atoms with E-state index in [9.17, 15) is 0 Å². The van der Waals surface area contributed by atoms with Crippen LogP contribution in [0.15, 0.2) is 18.2 Å². The summed E-state index contributed by atoms with van der Waals surface area (Å²) in [4.78, 5) is 0. The third kappa shape index (κ3) is 3.27. The minimum Gasteiger partial charge on any atom is -0.493 e. The summed E-state index contributed by atoms with van der Waals surface area (Å²) in [6, 6.07) is 5.38. The number of benzene rings is 1. The smallest absolute Gasteiger partial charge is 0.120 e. The molecule has 1 aromatic carbocycles. The van der Waals surface area contributed by atoms with E-state index in [0.717, 1.165) is 25.4 Å². The lowest BCUT2D eigenvalue weighted by atomic mass is 10.0. The Bertz CT molecular complexity index is 351. The van der Waals surface area contributed by atoms with E-state index in [-0.39, 0.29) is 0 Å². The van der Waals surface area contributed by atoms with Crippen molar-refractivity contribution >= 4 is 23.2 Å². The van der Waals surface area contributed by atoms with E-state index >= 15 is 0 Å². The molecule has 1 heterocycles. The van der Waals surface area contributed by atoms with E-state index in [1.807, 2.05) is 6.07 Å². The molecule has 1 N–H and O–H groups in total. The van der Waals surface area contributed by atoms with Gasteiger partial charge in [0, 0.05) is 18.5 Å². The average Bonchev–Trinajstić information content (AvgIpc) is 2.32. The van der Waals surface area contributed by atoms with Gasteiger partial charge in [0.05, 0.1) is 16.7 Å². The Morgan fingerprint density at radius 1 is 1.31 bits per heavy atom. The highest BCUT2D eigenvalue weighted by atomic mass is 35.5. The maximum absolute atomic E-state index is 5.91. The average molecular weight is 260 g/mol. The molecule has 1 saturated heterocycles. The van der Waals surface area contributed by atoms with Gasteiger partial charge in [-0.05, 0) is 31.5 Å². The first kappa shape index (κ1) is 12.0. The lowest BCUT2D eigenvalue weighted by Crippen LogP contribution is -2.33. The van der Waals surface area contributed by atoms with Crippen LogP contribution in [-0.4, -0.2) is 19.7 Å². The van der Waals surface area contributed by atoms with Gasteiger partial charge in [0.15, 0.2) is 0 Å². The fraction of sp³-hybridized carbons (Fsp3) is 0.500. The predicted molar refractivity (Wildman–Crippen MR) is 67.6 cm³/mol. The molecule has 0 radical (unpaired) electrons. The lowest BCUT2D eigenvalue weighted by Gasteiger charge is -2.22. The number of halogens is 2. The number of ether oxygens (including phenoxy) is 1. The van der Waals surface area contributed by atoms with Crippen LogP contribution in [0.5, 0.6) is 5.75 Å².